The molecule has 0 fully saturated rings. The quantitative estimate of drug-likeness (QED) is 0.498. The summed E-state index contributed by atoms with van der Waals surface area (Å²) in [5, 5.41) is 17.7. The number of rotatable bonds is 5. The van der Waals surface area contributed by atoms with E-state index in [0.29, 0.717) is 11.0 Å². The van der Waals surface area contributed by atoms with Gasteiger partial charge < -0.3 is 14.8 Å². The largest absolute Gasteiger partial charge is 0.422 e. The standard InChI is InChI=1S/C20H15NO4S2/c22-15(18-6-5-17(27-18)13-7-8-26-11-13)10-21-19(23)14-9-12-3-1-2-4-16(12)25-20(14)24/h1-9,11,15,22H,10H2,(H,21,23). The topological polar surface area (TPSA) is 79.5 Å². The summed E-state index contributed by atoms with van der Waals surface area (Å²) in [5.74, 6) is -0.567. The summed E-state index contributed by atoms with van der Waals surface area (Å²) in [4.78, 5) is 26.2. The van der Waals surface area contributed by atoms with Gasteiger partial charge in [-0.1, -0.05) is 18.2 Å². The summed E-state index contributed by atoms with van der Waals surface area (Å²) in [6.45, 7) is 0.00862. The van der Waals surface area contributed by atoms with Crippen molar-refractivity contribution < 1.29 is 14.3 Å². The van der Waals surface area contributed by atoms with Crippen molar-refractivity contribution in [3.63, 3.8) is 0 Å². The molecule has 0 aliphatic carbocycles. The van der Waals surface area contributed by atoms with Crippen LogP contribution in [0.1, 0.15) is 21.3 Å². The normalized spacial score (nSPS) is 12.2. The molecule has 0 aliphatic heterocycles. The van der Waals surface area contributed by atoms with Gasteiger partial charge in [-0.15, -0.1) is 11.3 Å². The summed E-state index contributed by atoms with van der Waals surface area (Å²) < 4.78 is 5.17. The molecule has 1 atom stereocenters. The first-order valence-electron chi connectivity index (χ1n) is 8.23. The van der Waals surface area contributed by atoms with Crippen molar-refractivity contribution >= 4 is 39.5 Å². The van der Waals surface area contributed by atoms with Crippen molar-refractivity contribution in [1.29, 1.82) is 0 Å². The van der Waals surface area contributed by atoms with Gasteiger partial charge in [0.1, 0.15) is 17.3 Å². The van der Waals surface area contributed by atoms with Crippen molar-refractivity contribution in [3.8, 4) is 10.4 Å². The Labute approximate surface area is 162 Å². The molecule has 0 saturated carbocycles. The summed E-state index contributed by atoms with van der Waals surface area (Å²) >= 11 is 3.09. The van der Waals surface area contributed by atoms with E-state index < -0.39 is 17.6 Å². The van der Waals surface area contributed by atoms with Crippen molar-refractivity contribution in [2.24, 2.45) is 0 Å². The Bertz CT molecular complexity index is 1140. The van der Waals surface area contributed by atoms with Crippen LogP contribution in [0.2, 0.25) is 0 Å². The summed E-state index contributed by atoms with van der Waals surface area (Å²) in [6, 6.07) is 14.3. The maximum absolute atomic E-state index is 12.4. The van der Waals surface area contributed by atoms with Gasteiger partial charge in [-0.3, -0.25) is 4.79 Å². The predicted molar refractivity (Wildman–Crippen MR) is 107 cm³/mol. The minimum absolute atomic E-state index is 0.00862. The molecule has 7 heteroatoms. The minimum atomic E-state index is -0.848. The zero-order valence-electron chi connectivity index (χ0n) is 14.0. The lowest BCUT2D eigenvalue weighted by Gasteiger charge is -2.10. The lowest BCUT2D eigenvalue weighted by Crippen LogP contribution is -2.31. The van der Waals surface area contributed by atoms with Crippen LogP contribution < -0.4 is 10.9 Å². The smallest absolute Gasteiger partial charge is 0.349 e. The van der Waals surface area contributed by atoms with Gasteiger partial charge in [0.05, 0.1) is 0 Å². The highest BCUT2D eigenvalue weighted by Gasteiger charge is 2.17. The maximum Gasteiger partial charge on any atom is 0.349 e. The van der Waals surface area contributed by atoms with Gasteiger partial charge in [0.2, 0.25) is 0 Å². The van der Waals surface area contributed by atoms with E-state index >= 15 is 0 Å². The Morgan fingerprint density at radius 1 is 1.19 bits per heavy atom. The Hall–Kier alpha value is -2.74. The van der Waals surface area contributed by atoms with E-state index in [9.17, 15) is 14.7 Å². The van der Waals surface area contributed by atoms with Crippen molar-refractivity contribution in [3.05, 3.63) is 80.2 Å². The summed E-state index contributed by atoms with van der Waals surface area (Å²) in [6.07, 6.45) is -0.848. The molecule has 1 amide bonds. The van der Waals surface area contributed by atoms with E-state index in [0.717, 1.165) is 15.3 Å². The molecule has 2 N–H and O–H groups in total. The van der Waals surface area contributed by atoms with Crippen LogP contribution in [0.3, 0.4) is 0 Å². The van der Waals surface area contributed by atoms with E-state index in [1.54, 1.807) is 35.6 Å². The lowest BCUT2D eigenvalue weighted by atomic mass is 10.1. The average molecular weight is 397 g/mol. The lowest BCUT2D eigenvalue weighted by molar-refractivity contribution is 0.0914. The fraction of sp³-hybridized carbons (Fsp3) is 0.100. The number of thiophene rings is 2. The first kappa shape index (κ1) is 17.7. The third kappa shape index (κ3) is 3.71. The van der Waals surface area contributed by atoms with E-state index in [4.69, 9.17) is 4.42 Å². The van der Waals surface area contributed by atoms with Crippen LogP contribution in [-0.4, -0.2) is 17.6 Å². The van der Waals surface area contributed by atoms with Crippen LogP contribution in [0.4, 0.5) is 0 Å². The van der Waals surface area contributed by atoms with Gasteiger partial charge in [0, 0.05) is 27.2 Å². The highest BCUT2D eigenvalue weighted by molar-refractivity contribution is 7.16. The second kappa shape index (κ2) is 7.48. The molecule has 1 unspecified atom stereocenters. The molecule has 4 aromatic rings. The van der Waals surface area contributed by atoms with E-state index in [1.165, 1.54) is 17.4 Å². The number of aliphatic hydroxyl groups is 1. The Morgan fingerprint density at radius 3 is 2.85 bits per heavy atom. The molecule has 5 nitrogen and oxygen atoms in total. The number of carbonyl (C=O) groups excluding carboxylic acids is 1. The zero-order chi connectivity index (χ0) is 18.8. The van der Waals surface area contributed by atoms with Gasteiger partial charge in [-0.25, -0.2) is 4.79 Å². The van der Waals surface area contributed by atoms with Gasteiger partial charge in [0.25, 0.3) is 5.91 Å². The number of hydrogen-bond acceptors (Lipinski definition) is 6. The molecular weight excluding hydrogens is 382 g/mol. The van der Waals surface area contributed by atoms with E-state index in [2.05, 4.69) is 5.32 Å². The van der Waals surface area contributed by atoms with E-state index in [-0.39, 0.29) is 12.1 Å². The van der Waals surface area contributed by atoms with Gasteiger partial charge in [0.15, 0.2) is 0 Å². The first-order chi connectivity index (χ1) is 13.1. The number of benzene rings is 1. The number of hydrogen-bond donors (Lipinski definition) is 2. The number of aliphatic hydroxyl groups excluding tert-OH is 1. The molecule has 3 heterocycles. The number of nitrogens with one attached hydrogen (secondary N) is 1. The molecule has 1 aromatic carbocycles. The third-order valence-corrected chi connectivity index (χ3v) is 6.02. The zero-order valence-corrected chi connectivity index (χ0v) is 15.7. The number of amides is 1. The molecule has 0 radical (unpaired) electrons. The predicted octanol–water partition coefficient (Wildman–Crippen LogP) is 4.05. The van der Waals surface area contributed by atoms with E-state index in [1.807, 2.05) is 29.0 Å². The molecule has 3 aromatic heterocycles. The number of fused-ring (bicyclic) bond motifs is 1. The van der Waals surface area contributed by atoms with Crippen LogP contribution in [-0.2, 0) is 0 Å². The van der Waals surface area contributed by atoms with Gasteiger partial charge in [-0.2, -0.15) is 11.3 Å². The Morgan fingerprint density at radius 2 is 2.04 bits per heavy atom. The monoisotopic (exact) mass is 397 g/mol. The maximum atomic E-state index is 12.4. The highest BCUT2D eigenvalue weighted by atomic mass is 32.1. The first-order valence-corrected chi connectivity index (χ1v) is 9.99. The second-order valence-electron chi connectivity index (χ2n) is 5.93. The van der Waals surface area contributed by atoms with Crippen LogP contribution in [0, 0.1) is 0 Å². The van der Waals surface area contributed by atoms with Gasteiger partial charge in [-0.05, 0) is 41.1 Å². The fourth-order valence-corrected chi connectivity index (χ4v) is 4.42. The summed E-state index contributed by atoms with van der Waals surface area (Å²) in [7, 11) is 0. The number of para-hydroxylation sites is 1. The highest BCUT2D eigenvalue weighted by Crippen LogP contribution is 2.32. The molecule has 4 rings (SSSR count). The third-order valence-electron chi connectivity index (χ3n) is 4.10. The SMILES string of the molecule is O=C(NCC(O)c1ccc(-c2ccsc2)s1)c1cc2ccccc2oc1=O. The molecule has 136 valence electrons. The molecule has 0 saturated heterocycles. The van der Waals surface area contributed by atoms with Crippen molar-refractivity contribution in [1.82, 2.24) is 5.32 Å². The molecular formula is C20H15NO4S2. The summed E-state index contributed by atoms with van der Waals surface area (Å²) in [5.41, 5.74) is 0.766. The van der Waals surface area contributed by atoms with Crippen molar-refractivity contribution in [2.45, 2.75) is 6.10 Å². The van der Waals surface area contributed by atoms with Crippen LogP contribution in [0.25, 0.3) is 21.4 Å². The molecule has 0 bridgehead atoms. The molecule has 0 aliphatic rings. The Kier molecular flexibility index (Phi) is 4.89. The van der Waals surface area contributed by atoms with Crippen LogP contribution in [0.15, 0.2) is 68.5 Å². The van der Waals surface area contributed by atoms with Crippen LogP contribution >= 0.6 is 22.7 Å². The number of carbonyl (C=O) groups is 1. The van der Waals surface area contributed by atoms with Crippen LogP contribution in [0.5, 0.6) is 0 Å². The average Bonchev–Trinajstić information content (AvgIpc) is 3.36. The minimum Gasteiger partial charge on any atom is -0.422 e. The second-order valence-corrected chi connectivity index (χ2v) is 7.82. The fourth-order valence-electron chi connectivity index (χ4n) is 2.70. The van der Waals surface area contributed by atoms with Gasteiger partial charge >= 0.3 is 5.63 Å². The van der Waals surface area contributed by atoms with Crippen molar-refractivity contribution in [2.75, 3.05) is 6.54 Å². The molecule has 27 heavy (non-hydrogen) atoms. The molecule has 0 spiro atoms. The Balaban J connectivity index is 1.46.